The summed E-state index contributed by atoms with van der Waals surface area (Å²) in [5.74, 6) is 0.379. The number of para-hydroxylation sites is 1. The fourth-order valence-corrected chi connectivity index (χ4v) is 4.97. The van der Waals surface area contributed by atoms with E-state index >= 15 is 0 Å². The maximum absolute atomic E-state index is 13.0. The Hall–Kier alpha value is -2.42. The molecule has 0 aliphatic carbocycles. The van der Waals surface area contributed by atoms with Gasteiger partial charge in [-0.05, 0) is 30.3 Å². The third-order valence-corrected chi connectivity index (χ3v) is 6.76. The van der Waals surface area contributed by atoms with Crippen molar-refractivity contribution < 1.29 is 13.2 Å². The van der Waals surface area contributed by atoms with Crippen LogP contribution in [0.1, 0.15) is 5.69 Å². The van der Waals surface area contributed by atoms with Gasteiger partial charge in [0.2, 0.25) is 10.0 Å². The Labute approximate surface area is 158 Å². The summed E-state index contributed by atoms with van der Waals surface area (Å²) in [7, 11) is -2.07. The van der Waals surface area contributed by atoms with Crippen LogP contribution in [0.15, 0.2) is 59.6 Å². The van der Waals surface area contributed by atoms with Crippen LogP contribution < -0.4 is 4.74 Å². The van der Waals surface area contributed by atoms with Gasteiger partial charge in [-0.25, -0.2) is 12.9 Å². The molecule has 0 atom stereocenters. The Morgan fingerprint density at radius 3 is 2.52 bits per heavy atom. The van der Waals surface area contributed by atoms with Crippen LogP contribution >= 0.6 is 0 Å². The lowest BCUT2D eigenvalue weighted by molar-refractivity contribution is 0.179. The molecule has 1 aliphatic rings. The summed E-state index contributed by atoms with van der Waals surface area (Å²) in [4.78, 5) is 2.46. The van der Waals surface area contributed by atoms with Gasteiger partial charge in [-0.2, -0.15) is 9.40 Å². The maximum atomic E-state index is 13.0. The summed E-state index contributed by atoms with van der Waals surface area (Å²) in [6.07, 6.45) is 1.93. The van der Waals surface area contributed by atoms with Crippen LogP contribution in [-0.2, 0) is 16.6 Å². The first kappa shape index (κ1) is 18.0. The van der Waals surface area contributed by atoms with E-state index in [1.54, 1.807) is 24.3 Å². The van der Waals surface area contributed by atoms with Gasteiger partial charge in [0.1, 0.15) is 10.6 Å². The highest BCUT2D eigenvalue weighted by molar-refractivity contribution is 7.89. The number of nitrogens with zero attached hydrogens (tertiary/aromatic N) is 4. The number of ether oxygens (including phenoxy) is 1. The van der Waals surface area contributed by atoms with Crippen molar-refractivity contribution in [2.24, 2.45) is 0 Å². The molecule has 1 fully saturated rings. The molecule has 3 aromatic rings. The summed E-state index contributed by atoms with van der Waals surface area (Å²) in [5.41, 5.74) is 2.05. The van der Waals surface area contributed by atoms with Crippen LogP contribution in [-0.4, -0.2) is 60.5 Å². The molecule has 8 heteroatoms. The second-order valence-electron chi connectivity index (χ2n) is 6.54. The second-order valence-corrected chi connectivity index (χ2v) is 8.44. The van der Waals surface area contributed by atoms with Gasteiger partial charge in [-0.1, -0.05) is 18.2 Å². The zero-order valence-corrected chi connectivity index (χ0v) is 16.0. The van der Waals surface area contributed by atoms with Crippen LogP contribution in [0.2, 0.25) is 0 Å². The standard InChI is InChI=1S/C19H22N4O3S/c1-26-18-7-2-3-8-19(18)27(24,25)22-12-10-21(11-13-22)15-16-14-17-6-4-5-9-23(17)20-16/h2-9,14H,10-13,15H2,1H3. The normalized spacial score (nSPS) is 16.6. The molecule has 0 amide bonds. The largest absolute Gasteiger partial charge is 0.495 e. The number of rotatable bonds is 5. The molecule has 1 saturated heterocycles. The van der Waals surface area contributed by atoms with E-state index in [1.165, 1.54) is 11.4 Å². The molecule has 142 valence electrons. The Morgan fingerprint density at radius 2 is 1.78 bits per heavy atom. The van der Waals surface area contributed by atoms with Crippen LogP contribution in [0.4, 0.5) is 0 Å². The first-order valence-corrected chi connectivity index (χ1v) is 10.3. The fraction of sp³-hybridized carbons (Fsp3) is 0.316. The van der Waals surface area contributed by atoms with Crippen LogP contribution in [0, 0.1) is 0 Å². The molecule has 7 nitrogen and oxygen atoms in total. The summed E-state index contributed by atoms with van der Waals surface area (Å²) < 4.78 is 34.5. The number of hydrogen-bond acceptors (Lipinski definition) is 5. The van der Waals surface area contributed by atoms with Gasteiger partial charge >= 0.3 is 0 Å². The van der Waals surface area contributed by atoms with Crippen molar-refractivity contribution in [1.82, 2.24) is 18.8 Å². The van der Waals surface area contributed by atoms with Crippen molar-refractivity contribution in [3.05, 3.63) is 60.4 Å². The predicted octanol–water partition coefficient (Wildman–Crippen LogP) is 1.85. The van der Waals surface area contributed by atoms with Crippen molar-refractivity contribution in [3.8, 4) is 5.75 Å². The van der Waals surface area contributed by atoms with Crippen molar-refractivity contribution in [1.29, 1.82) is 0 Å². The molecule has 1 aromatic carbocycles. The van der Waals surface area contributed by atoms with E-state index in [1.807, 2.05) is 28.9 Å². The van der Waals surface area contributed by atoms with Crippen molar-refractivity contribution >= 4 is 15.5 Å². The molecule has 27 heavy (non-hydrogen) atoms. The molecule has 4 rings (SSSR count). The lowest BCUT2D eigenvalue weighted by atomic mass is 10.3. The molecule has 0 bridgehead atoms. The smallest absolute Gasteiger partial charge is 0.246 e. The number of fused-ring (bicyclic) bond motifs is 1. The minimum absolute atomic E-state index is 0.223. The molecule has 2 aromatic heterocycles. The van der Waals surface area contributed by atoms with E-state index < -0.39 is 10.0 Å². The number of piperazine rings is 1. The molecule has 0 saturated carbocycles. The van der Waals surface area contributed by atoms with Crippen molar-refractivity contribution in [2.75, 3.05) is 33.3 Å². The monoisotopic (exact) mass is 386 g/mol. The number of pyridine rings is 1. The first-order chi connectivity index (χ1) is 13.1. The Morgan fingerprint density at radius 1 is 1.04 bits per heavy atom. The third kappa shape index (κ3) is 3.55. The molecule has 3 heterocycles. The van der Waals surface area contributed by atoms with Crippen LogP contribution in [0.5, 0.6) is 5.75 Å². The Bertz CT molecular complexity index is 1010. The molecule has 0 unspecified atom stereocenters. The number of hydrogen-bond donors (Lipinski definition) is 0. The van der Waals surface area contributed by atoms with Crippen molar-refractivity contribution in [2.45, 2.75) is 11.4 Å². The summed E-state index contributed by atoms with van der Waals surface area (Å²) in [6, 6.07) is 14.8. The lowest BCUT2D eigenvalue weighted by Gasteiger charge is -2.33. The third-order valence-electron chi connectivity index (χ3n) is 4.82. The quantitative estimate of drug-likeness (QED) is 0.670. The van der Waals surface area contributed by atoms with Gasteiger partial charge in [0, 0.05) is 38.9 Å². The van der Waals surface area contributed by atoms with Gasteiger partial charge < -0.3 is 4.74 Å². The fourth-order valence-electron chi connectivity index (χ4n) is 3.40. The average Bonchev–Trinajstić information content (AvgIpc) is 3.10. The van der Waals surface area contributed by atoms with E-state index in [4.69, 9.17) is 4.74 Å². The molecular weight excluding hydrogens is 364 g/mol. The highest BCUT2D eigenvalue weighted by Gasteiger charge is 2.30. The molecule has 0 N–H and O–H groups in total. The van der Waals surface area contributed by atoms with E-state index in [0.29, 0.717) is 38.5 Å². The predicted molar refractivity (Wildman–Crippen MR) is 102 cm³/mol. The molecular formula is C19H22N4O3S. The van der Waals surface area contributed by atoms with Crippen LogP contribution in [0.25, 0.3) is 5.52 Å². The van der Waals surface area contributed by atoms with Gasteiger partial charge in [0.05, 0.1) is 18.3 Å². The van der Waals surface area contributed by atoms with E-state index in [-0.39, 0.29) is 4.90 Å². The second kappa shape index (κ2) is 7.30. The summed E-state index contributed by atoms with van der Waals surface area (Å²) in [6.45, 7) is 2.95. The SMILES string of the molecule is COc1ccccc1S(=O)(=O)N1CCN(Cc2cc3ccccn3n2)CC1. The number of sulfonamides is 1. The average molecular weight is 386 g/mol. The molecule has 0 radical (unpaired) electrons. The molecule has 1 aliphatic heterocycles. The topological polar surface area (TPSA) is 67.2 Å². The van der Waals surface area contributed by atoms with Gasteiger partial charge in [0.25, 0.3) is 0 Å². The highest BCUT2D eigenvalue weighted by atomic mass is 32.2. The zero-order valence-electron chi connectivity index (χ0n) is 15.2. The van der Waals surface area contributed by atoms with E-state index in [0.717, 1.165) is 11.2 Å². The van der Waals surface area contributed by atoms with Crippen molar-refractivity contribution in [3.63, 3.8) is 0 Å². The Kier molecular flexibility index (Phi) is 4.86. The van der Waals surface area contributed by atoms with Gasteiger partial charge in [0.15, 0.2) is 0 Å². The highest BCUT2D eigenvalue weighted by Crippen LogP contribution is 2.27. The van der Waals surface area contributed by atoms with Crippen LogP contribution in [0.3, 0.4) is 0 Å². The number of methoxy groups -OCH3 is 1. The number of benzene rings is 1. The van der Waals surface area contributed by atoms with E-state index in [9.17, 15) is 8.42 Å². The Balaban J connectivity index is 1.43. The summed E-state index contributed by atoms with van der Waals surface area (Å²) >= 11 is 0. The minimum Gasteiger partial charge on any atom is -0.495 e. The van der Waals surface area contributed by atoms with Gasteiger partial charge in [-0.3, -0.25) is 4.90 Å². The first-order valence-electron chi connectivity index (χ1n) is 8.87. The summed E-state index contributed by atoms with van der Waals surface area (Å²) in [5, 5.41) is 4.57. The number of aromatic nitrogens is 2. The molecule has 0 spiro atoms. The van der Waals surface area contributed by atoms with E-state index in [2.05, 4.69) is 16.1 Å². The maximum Gasteiger partial charge on any atom is 0.246 e. The van der Waals surface area contributed by atoms with Gasteiger partial charge in [-0.15, -0.1) is 0 Å². The zero-order chi connectivity index (χ0) is 18.9. The lowest BCUT2D eigenvalue weighted by Crippen LogP contribution is -2.48. The minimum atomic E-state index is -3.56.